The first-order valence-electron chi connectivity index (χ1n) is 11.6. The molecular weight excluding hydrogens is 451 g/mol. The second-order valence-electron chi connectivity index (χ2n) is 8.82. The third kappa shape index (κ3) is 5.58. The Morgan fingerprint density at radius 3 is 2.34 bits per heavy atom. The number of nitriles is 1. The van der Waals surface area contributed by atoms with Crippen molar-refractivity contribution in [1.82, 2.24) is 15.1 Å². The van der Waals surface area contributed by atoms with Gasteiger partial charge < -0.3 is 21.3 Å². The van der Waals surface area contributed by atoms with E-state index < -0.39 is 29.8 Å². The molecule has 35 heavy (non-hydrogen) atoms. The van der Waals surface area contributed by atoms with Crippen LogP contribution in [0.3, 0.4) is 0 Å². The smallest absolute Gasteiger partial charge is 0.323 e. The molecule has 0 aromatic heterocycles. The Hall–Kier alpha value is -3.97. The van der Waals surface area contributed by atoms with E-state index in [0.717, 1.165) is 25.7 Å². The van der Waals surface area contributed by atoms with E-state index in [2.05, 4.69) is 10.6 Å². The van der Waals surface area contributed by atoms with Crippen molar-refractivity contribution in [2.45, 2.75) is 43.9 Å². The van der Waals surface area contributed by atoms with Crippen LogP contribution in [-0.2, 0) is 4.79 Å². The summed E-state index contributed by atoms with van der Waals surface area (Å²) in [7, 11) is 0. The lowest BCUT2D eigenvalue weighted by Crippen LogP contribution is -2.56. The number of urea groups is 1. The number of anilines is 1. The zero-order chi connectivity index (χ0) is 24.9. The van der Waals surface area contributed by atoms with E-state index >= 15 is 0 Å². The molecule has 2 aliphatic rings. The molecule has 4 rings (SSSR count). The number of nitrogens with one attached hydrogen (secondary N) is 2. The molecule has 1 atom stereocenters. The molecule has 4 amide bonds. The van der Waals surface area contributed by atoms with Crippen LogP contribution < -0.4 is 16.4 Å². The Kier molecular flexibility index (Phi) is 7.27. The third-order valence-corrected chi connectivity index (χ3v) is 6.38. The van der Waals surface area contributed by atoms with Gasteiger partial charge in [0.25, 0.3) is 11.8 Å². The molecule has 0 spiro atoms. The normalized spacial score (nSPS) is 21.8. The second-order valence-corrected chi connectivity index (χ2v) is 8.82. The van der Waals surface area contributed by atoms with Gasteiger partial charge in [0.1, 0.15) is 5.82 Å². The Balaban J connectivity index is 1.56. The number of nitrogens with two attached hydrogens (primary N) is 1. The van der Waals surface area contributed by atoms with Gasteiger partial charge >= 0.3 is 6.03 Å². The number of hydrogen-bond donors (Lipinski definition) is 3. The van der Waals surface area contributed by atoms with Gasteiger partial charge in [0.15, 0.2) is 6.17 Å². The fraction of sp³-hybridized carbons (Fsp3) is 0.360. The van der Waals surface area contributed by atoms with Crippen molar-refractivity contribution in [2.75, 3.05) is 18.4 Å². The molecule has 2 aromatic rings. The average Bonchev–Trinajstić information content (AvgIpc) is 3.31. The zero-order valence-corrected chi connectivity index (χ0v) is 19.1. The minimum Gasteiger partial charge on any atom is -0.350 e. The molecule has 2 aromatic carbocycles. The van der Waals surface area contributed by atoms with Crippen molar-refractivity contribution in [3.05, 3.63) is 65.5 Å². The fourth-order valence-corrected chi connectivity index (χ4v) is 4.49. The number of nitrogens with zero attached hydrogens (tertiary/aromatic N) is 3. The Morgan fingerprint density at radius 2 is 1.69 bits per heavy atom. The van der Waals surface area contributed by atoms with E-state index in [1.54, 1.807) is 0 Å². The first-order valence-corrected chi connectivity index (χ1v) is 11.6. The second kappa shape index (κ2) is 10.5. The Morgan fingerprint density at radius 1 is 1.00 bits per heavy atom. The third-order valence-electron chi connectivity index (χ3n) is 6.38. The van der Waals surface area contributed by atoms with Crippen molar-refractivity contribution in [3.63, 3.8) is 0 Å². The maximum atomic E-state index is 13.6. The van der Waals surface area contributed by atoms with Crippen LogP contribution in [0.4, 0.5) is 14.9 Å². The summed E-state index contributed by atoms with van der Waals surface area (Å²) in [5, 5.41) is 14.6. The van der Waals surface area contributed by atoms with Crippen LogP contribution in [0, 0.1) is 17.1 Å². The van der Waals surface area contributed by atoms with Crippen LogP contribution in [-0.4, -0.2) is 59.0 Å². The van der Waals surface area contributed by atoms with E-state index in [-0.39, 0.29) is 30.9 Å². The first kappa shape index (κ1) is 24.2. The van der Waals surface area contributed by atoms with Crippen molar-refractivity contribution in [3.8, 4) is 6.07 Å². The first-order chi connectivity index (χ1) is 16.9. The van der Waals surface area contributed by atoms with Crippen LogP contribution in [0.1, 0.15) is 41.6 Å². The van der Waals surface area contributed by atoms with E-state index in [0.29, 0.717) is 11.1 Å². The standard InChI is InChI=1S/C25H27FN6O3/c26-18-2-1-3-21(14-18)30-25(35)32-13-12-31(24(34)17-6-4-16(15-27)5-7-17)23(32)22(33)29-20-10-8-19(28)9-11-20/h1-7,14,19-20,23H,8-13,28H2,(H,29,33)(H,30,35). The Labute approximate surface area is 202 Å². The summed E-state index contributed by atoms with van der Waals surface area (Å²) in [6, 6.07) is 12.9. The molecule has 4 N–H and O–H groups in total. The summed E-state index contributed by atoms with van der Waals surface area (Å²) in [5.41, 5.74) is 6.92. The van der Waals surface area contributed by atoms with Crippen molar-refractivity contribution in [2.24, 2.45) is 5.73 Å². The highest BCUT2D eigenvalue weighted by Gasteiger charge is 2.43. The molecule has 1 aliphatic heterocycles. The monoisotopic (exact) mass is 478 g/mol. The molecule has 2 fully saturated rings. The molecule has 10 heteroatoms. The summed E-state index contributed by atoms with van der Waals surface area (Å²) in [6.45, 7) is 0.264. The minimum absolute atomic E-state index is 0.0945. The molecule has 1 saturated heterocycles. The number of carbonyl (C=O) groups excluding carboxylic acids is 3. The molecule has 1 unspecified atom stereocenters. The van der Waals surface area contributed by atoms with Crippen LogP contribution >= 0.6 is 0 Å². The summed E-state index contributed by atoms with van der Waals surface area (Å²) in [5.74, 6) is -1.40. The van der Waals surface area contributed by atoms with Gasteiger partial charge in [-0.15, -0.1) is 0 Å². The van der Waals surface area contributed by atoms with Crippen LogP contribution in [0.25, 0.3) is 0 Å². The van der Waals surface area contributed by atoms with Gasteiger partial charge in [-0.1, -0.05) is 6.07 Å². The predicted molar refractivity (Wildman–Crippen MR) is 126 cm³/mol. The fourth-order valence-electron chi connectivity index (χ4n) is 4.49. The molecular formula is C25H27FN6O3. The molecule has 1 heterocycles. The van der Waals surface area contributed by atoms with E-state index in [1.807, 2.05) is 6.07 Å². The number of amides is 4. The van der Waals surface area contributed by atoms with Gasteiger partial charge in [-0.05, 0) is 68.1 Å². The number of carbonyl (C=O) groups is 3. The molecule has 0 bridgehead atoms. The lowest BCUT2D eigenvalue weighted by Gasteiger charge is -2.32. The van der Waals surface area contributed by atoms with Crippen LogP contribution in [0.5, 0.6) is 0 Å². The predicted octanol–water partition coefficient (Wildman–Crippen LogP) is 2.40. The molecule has 1 aliphatic carbocycles. The van der Waals surface area contributed by atoms with E-state index in [9.17, 15) is 18.8 Å². The molecule has 9 nitrogen and oxygen atoms in total. The van der Waals surface area contributed by atoms with E-state index in [1.165, 1.54) is 58.3 Å². The summed E-state index contributed by atoms with van der Waals surface area (Å²) in [4.78, 5) is 42.4. The number of halogens is 1. The van der Waals surface area contributed by atoms with Gasteiger partial charge in [-0.25, -0.2) is 9.18 Å². The van der Waals surface area contributed by atoms with Crippen LogP contribution in [0.15, 0.2) is 48.5 Å². The topological polar surface area (TPSA) is 132 Å². The highest BCUT2D eigenvalue weighted by Crippen LogP contribution is 2.23. The van der Waals surface area contributed by atoms with Crippen LogP contribution in [0.2, 0.25) is 0 Å². The maximum Gasteiger partial charge on any atom is 0.323 e. The lowest BCUT2D eigenvalue weighted by atomic mass is 9.92. The molecule has 0 radical (unpaired) electrons. The van der Waals surface area contributed by atoms with Crippen molar-refractivity contribution >= 4 is 23.5 Å². The minimum atomic E-state index is -1.18. The SMILES string of the molecule is N#Cc1ccc(C(=O)N2CCN(C(=O)Nc3cccc(F)c3)C2C(=O)NC2CCC(N)CC2)cc1. The summed E-state index contributed by atoms with van der Waals surface area (Å²) < 4.78 is 13.6. The summed E-state index contributed by atoms with van der Waals surface area (Å²) >= 11 is 0. The number of benzene rings is 2. The van der Waals surface area contributed by atoms with Crippen molar-refractivity contribution in [1.29, 1.82) is 5.26 Å². The summed E-state index contributed by atoms with van der Waals surface area (Å²) in [6.07, 6.45) is 1.83. The quantitative estimate of drug-likeness (QED) is 0.621. The zero-order valence-electron chi connectivity index (χ0n) is 19.1. The molecule has 1 saturated carbocycles. The maximum absolute atomic E-state index is 13.6. The van der Waals surface area contributed by atoms with Gasteiger partial charge in [-0.3, -0.25) is 14.5 Å². The molecule has 182 valence electrons. The number of hydrogen-bond acceptors (Lipinski definition) is 5. The van der Waals surface area contributed by atoms with Gasteiger partial charge in [0.2, 0.25) is 0 Å². The highest BCUT2D eigenvalue weighted by atomic mass is 19.1. The van der Waals surface area contributed by atoms with Gasteiger partial charge in [0.05, 0.1) is 11.6 Å². The van der Waals surface area contributed by atoms with Gasteiger partial charge in [0, 0.05) is 36.4 Å². The van der Waals surface area contributed by atoms with E-state index in [4.69, 9.17) is 11.0 Å². The lowest BCUT2D eigenvalue weighted by molar-refractivity contribution is -0.128. The average molecular weight is 479 g/mol. The number of rotatable bonds is 4. The largest absolute Gasteiger partial charge is 0.350 e. The van der Waals surface area contributed by atoms with Gasteiger partial charge in [-0.2, -0.15) is 5.26 Å². The van der Waals surface area contributed by atoms with Crippen molar-refractivity contribution < 1.29 is 18.8 Å². The highest BCUT2D eigenvalue weighted by molar-refractivity contribution is 6.00. The Bertz CT molecular complexity index is 1140.